The van der Waals surface area contributed by atoms with Crippen molar-refractivity contribution in [3.63, 3.8) is 0 Å². The Morgan fingerprint density at radius 2 is 1.20 bits per heavy atom. The number of halogens is 3. The molecule has 0 aliphatic carbocycles. The number of carbonyl (C=O) groups excluding carboxylic acids is 2. The van der Waals surface area contributed by atoms with Gasteiger partial charge in [0.25, 0.3) is 0 Å². The molecule has 0 aliphatic rings. The van der Waals surface area contributed by atoms with Crippen molar-refractivity contribution in [3.8, 4) is 11.5 Å². The number of nitrogens with one attached hydrogen (secondary N) is 1. The lowest BCUT2D eigenvalue weighted by atomic mass is 10.3. The average molecular weight is 742 g/mol. The topological polar surface area (TPSA) is 247 Å². The molecule has 2 aromatic carbocycles. The number of methoxy groups -OCH3 is 2. The maximum Gasteiger partial charge on any atom is 0.329 e. The molecule has 260 valence electrons. The van der Waals surface area contributed by atoms with Gasteiger partial charge in [-0.25, -0.2) is 9.97 Å². The lowest BCUT2D eigenvalue weighted by Gasteiger charge is -2.08. The zero-order valence-corrected chi connectivity index (χ0v) is 27.8. The zero-order chi connectivity index (χ0) is 36.3. The molecule has 0 fully saturated rings. The number of hydrogen-bond donors (Lipinski definition) is 2. The summed E-state index contributed by atoms with van der Waals surface area (Å²) in [5.74, 6) is 0.587. The van der Waals surface area contributed by atoms with Crippen LogP contribution < -0.4 is 20.5 Å². The van der Waals surface area contributed by atoms with Crippen LogP contribution in [0.25, 0.3) is 0 Å². The van der Waals surface area contributed by atoms with Crippen molar-refractivity contribution >= 4 is 75.3 Å². The third-order valence-electron chi connectivity index (χ3n) is 5.43. The summed E-state index contributed by atoms with van der Waals surface area (Å²) >= 11 is 16.3. The van der Waals surface area contributed by atoms with Crippen LogP contribution in [0.15, 0.2) is 60.9 Å². The van der Waals surface area contributed by atoms with E-state index in [4.69, 9.17) is 50.0 Å². The van der Waals surface area contributed by atoms with E-state index < -0.39 is 9.85 Å². The van der Waals surface area contributed by atoms with Gasteiger partial charge in [-0.1, -0.05) is 11.6 Å². The number of nitrogen functional groups attached to an aromatic ring is 1. The second-order valence-electron chi connectivity index (χ2n) is 8.77. The van der Waals surface area contributed by atoms with Gasteiger partial charge in [-0.3, -0.25) is 29.8 Å². The van der Waals surface area contributed by atoms with Gasteiger partial charge in [-0.15, -0.1) is 0 Å². The van der Waals surface area contributed by atoms with Gasteiger partial charge < -0.3 is 30.0 Å². The number of hydrogen-bond acceptors (Lipinski definition) is 16. The van der Waals surface area contributed by atoms with Gasteiger partial charge in [0.05, 0.1) is 50.1 Å². The summed E-state index contributed by atoms with van der Waals surface area (Å²) in [5, 5.41) is 23.4. The molecule has 4 aromatic rings. The first kappa shape index (κ1) is 39.6. The Kier molecular flexibility index (Phi) is 16.6. The highest BCUT2D eigenvalue weighted by molar-refractivity contribution is 6.33. The Labute approximate surface area is 292 Å². The SMILES string of the molecule is COC(=O)CCOc1ccc(N)cc1.COC(=O)CCOc1ccc(Nc2nc(Cl)ncc2[N+](=O)[O-])cc1.O=[N+]([O-])c1cnc(Cl)nc1Cl. The molecule has 0 amide bonds. The summed E-state index contributed by atoms with van der Waals surface area (Å²) in [7, 11) is 2.66. The highest BCUT2D eigenvalue weighted by Gasteiger charge is 2.17. The standard InChI is InChI=1S/C14H13ClN4O5.C10H13NO3.C4HCl2N3O2/c1-23-12(20)6-7-24-10-4-2-9(3-5-10)17-13-11(19(21)22)8-16-14(15)18-13;1-13-10(12)6-7-14-9-4-2-8(11)3-5-9;5-3-2(9(10)11)1-7-4(6)8-3/h2-5,8H,6-7H2,1H3,(H,16,17,18);2-5H,6-7,11H2,1H3;1H. The van der Waals surface area contributed by atoms with Crippen LogP contribution in [0.1, 0.15) is 12.8 Å². The first-order valence-corrected chi connectivity index (χ1v) is 14.6. The number of ether oxygens (including phenoxy) is 4. The zero-order valence-electron chi connectivity index (χ0n) is 25.6. The molecular formula is C28H27Cl3N8O10. The van der Waals surface area contributed by atoms with E-state index in [1.807, 2.05) is 0 Å². The van der Waals surface area contributed by atoms with Crippen molar-refractivity contribution in [1.29, 1.82) is 0 Å². The van der Waals surface area contributed by atoms with Gasteiger partial charge >= 0.3 is 23.3 Å². The average Bonchev–Trinajstić information content (AvgIpc) is 3.06. The van der Waals surface area contributed by atoms with Crippen LogP contribution in [0.5, 0.6) is 11.5 Å². The quantitative estimate of drug-likeness (QED) is 0.0446. The predicted molar refractivity (Wildman–Crippen MR) is 177 cm³/mol. The molecule has 0 bridgehead atoms. The molecule has 4 rings (SSSR count). The predicted octanol–water partition coefficient (Wildman–Crippen LogP) is 5.63. The number of nitro groups is 2. The Morgan fingerprint density at radius 1 is 0.755 bits per heavy atom. The van der Waals surface area contributed by atoms with Crippen LogP contribution in [0.3, 0.4) is 0 Å². The third-order valence-corrected chi connectivity index (χ3v) is 6.07. The Balaban J connectivity index is 0.000000282. The molecular weight excluding hydrogens is 715 g/mol. The molecule has 0 spiro atoms. The second-order valence-corrected chi connectivity index (χ2v) is 9.80. The van der Waals surface area contributed by atoms with Crippen LogP contribution in [0, 0.1) is 20.2 Å². The smallest absolute Gasteiger partial charge is 0.329 e. The van der Waals surface area contributed by atoms with E-state index in [1.165, 1.54) is 14.2 Å². The largest absolute Gasteiger partial charge is 0.493 e. The minimum absolute atomic E-state index is 0.0145. The van der Waals surface area contributed by atoms with Crippen molar-refractivity contribution in [2.75, 3.05) is 38.5 Å². The van der Waals surface area contributed by atoms with Gasteiger partial charge in [0.1, 0.15) is 23.9 Å². The minimum Gasteiger partial charge on any atom is -0.493 e. The van der Waals surface area contributed by atoms with Crippen molar-refractivity contribution in [1.82, 2.24) is 19.9 Å². The van der Waals surface area contributed by atoms with Gasteiger partial charge in [0.2, 0.25) is 21.5 Å². The summed E-state index contributed by atoms with van der Waals surface area (Å²) in [5.41, 5.74) is 6.09. The maximum absolute atomic E-state index is 11.0. The van der Waals surface area contributed by atoms with Crippen molar-refractivity contribution in [2.24, 2.45) is 0 Å². The first-order valence-electron chi connectivity index (χ1n) is 13.4. The highest BCUT2D eigenvalue weighted by atomic mass is 35.5. The number of nitrogens with two attached hydrogens (primary N) is 1. The molecule has 3 N–H and O–H groups in total. The van der Waals surface area contributed by atoms with Crippen LogP contribution in [-0.2, 0) is 19.1 Å². The number of rotatable bonds is 12. The normalized spacial score (nSPS) is 9.82. The van der Waals surface area contributed by atoms with Crippen LogP contribution in [-0.4, -0.2) is 69.2 Å². The number of aromatic nitrogens is 4. The maximum atomic E-state index is 11.0. The van der Waals surface area contributed by atoms with Crippen molar-refractivity contribution < 1.29 is 38.4 Å². The minimum atomic E-state index is -0.682. The van der Waals surface area contributed by atoms with E-state index in [1.54, 1.807) is 48.5 Å². The number of anilines is 3. The molecule has 21 heteroatoms. The second kappa shape index (κ2) is 20.6. The summed E-state index contributed by atoms with van der Waals surface area (Å²) in [6, 6.07) is 13.6. The fourth-order valence-corrected chi connectivity index (χ4v) is 3.59. The fraction of sp³-hybridized carbons (Fsp3) is 0.214. The molecule has 49 heavy (non-hydrogen) atoms. The van der Waals surface area contributed by atoms with Crippen molar-refractivity contribution in [2.45, 2.75) is 12.8 Å². The van der Waals surface area contributed by atoms with Gasteiger partial charge in [-0.05, 0) is 71.7 Å². The molecule has 0 unspecified atom stereocenters. The molecule has 18 nitrogen and oxygen atoms in total. The van der Waals surface area contributed by atoms with Crippen molar-refractivity contribution in [3.05, 3.63) is 96.9 Å². The molecule has 0 radical (unpaired) electrons. The number of esters is 2. The lowest BCUT2D eigenvalue weighted by molar-refractivity contribution is -0.385. The molecule has 0 saturated carbocycles. The summed E-state index contributed by atoms with van der Waals surface area (Å²) in [6.45, 7) is 0.503. The molecule has 0 saturated heterocycles. The van der Waals surface area contributed by atoms with E-state index >= 15 is 0 Å². The fourth-order valence-electron chi connectivity index (χ4n) is 3.08. The number of carbonyl (C=O) groups is 2. The molecule has 0 aliphatic heterocycles. The van der Waals surface area contributed by atoms with Crippen LogP contribution in [0.2, 0.25) is 15.7 Å². The van der Waals surface area contributed by atoms with E-state index in [-0.39, 0.29) is 64.3 Å². The number of nitrogens with zero attached hydrogens (tertiary/aromatic N) is 6. The van der Waals surface area contributed by atoms with Gasteiger partial charge in [0.15, 0.2) is 0 Å². The summed E-state index contributed by atoms with van der Waals surface area (Å²) < 4.78 is 19.6. The van der Waals surface area contributed by atoms with Gasteiger partial charge in [-0.2, -0.15) is 9.97 Å². The molecule has 2 aromatic heterocycles. The van der Waals surface area contributed by atoms with E-state index in [0.717, 1.165) is 12.4 Å². The monoisotopic (exact) mass is 740 g/mol. The lowest BCUT2D eigenvalue weighted by Crippen LogP contribution is -2.07. The summed E-state index contributed by atoms with van der Waals surface area (Å²) in [4.78, 5) is 55.7. The van der Waals surface area contributed by atoms with E-state index in [0.29, 0.717) is 29.5 Å². The highest BCUT2D eigenvalue weighted by Crippen LogP contribution is 2.27. The van der Waals surface area contributed by atoms with Crippen LogP contribution in [0.4, 0.5) is 28.6 Å². The Bertz CT molecular complexity index is 1720. The van der Waals surface area contributed by atoms with E-state index in [2.05, 4.69) is 34.7 Å². The Morgan fingerprint density at radius 3 is 1.65 bits per heavy atom. The molecule has 2 heterocycles. The third kappa shape index (κ3) is 14.8. The Hall–Kier alpha value is -5.59. The van der Waals surface area contributed by atoms with Crippen LogP contribution >= 0.6 is 34.8 Å². The van der Waals surface area contributed by atoms with E-state index in [9.17, 15) is 29.8 Å². The first-order chi connectivity index (χ1) is 23.3. The number of benzene rings is 2. The summed E-state index contributed by atoms with van der Waals surface area (Å²) in [6.07, 6.45) is 2.38. The molecule has 0 atom stereocenters. The van der Waals surface area contributed by atoms with Gasteiger partial charge in [0, 0.05) is 11.4 Å².